The molecule has 0 saturated carbocycles. The van der Waals surface area contributed by atoms with Crippen molar-refractivity contribution in [2.24, 2.45) is 5.18 Å². The van der Waals surface area contributed by atoms with Crippen molar-refractivity contribution in [2.75, 3.05) is 13.7 Å². The van der Waals surface area contributed by atoms with Gasteiger partial charge in [-0.05, 0) is 56.5 Å². The number of nitrogens with zero attached hydrogens (tertiary/aromatic N) is 3. The summed E-state index contributed by atoms with van der Waals surface area (Å²) in [7, 11) is 1.43. The first kappa shape index (κ1) is 25.0. The number of aromatic nitrogens is 2. The summed E-state index contributed by atoms with van der Waals surface area (Å²) in [6.07, 6.45) is 0.149. The summed E-state index contributed by atoms with van der Waals surface area (Å²) >= 11 is 0.799. The lowest BCUT2D eigenvalue weighted by Crippen LogP contribution is -2.46. The van der Waals surface area contributed by atoms with Crippen LogP contribution in [0.4, 0.5) is 4.39 Å². The Balaban J connectivity index is 2.27. The number of benzene rings is 1. The summed E-state index contributed by atoms with van der Waals surface area (Å²) in [5.41, 5.74) is -0.845. The van der Waals surface area contributed by atoms with Gasteiger partial charge in [-0.2, -0.15) is 0 Å². The molecule has 2 aromatic heterocycles. The standard InChI is InChI=1S/C22H23FN4O6S/c1-5-24-18(28)12(3)27-20(30)16-11(2)17(19(29)25-32)34-21(16)26(22(27)31)9-8-13-10-14(23)6-7-15(13)33-4/h6-7,10,12H,5,8-9H2,1-4H3,(H,24,28). The molecule has 1 aromatic carbocycles. The van der Waals surface area contributed by atoms with Gasteiger partial charge in [0.2, 0.25) is 5.91 Å². The number of ether oxygens (including phenoxy) is 1. The van der Waals surface area contributed by atoms with Gasteiger partial charge < -0.3 is 10.1 Å². The molecule has 10 nitrogen and oxygen atoms in total. The maximum absolute atomic E-state index is 13.8. The SMILES string of the molecule is CCNC(=O)C(C)n1c(=O)c2c(C)c(C(=O)N=O)sc2n(CCc2cc(F)ccc2OC)c1=O. The van der Waals surface area contributed by atoms with Crippen LogP contribution in [0.5, 0.6) is 5.75 Å². The van der Waals surface area contributed by atoms with Gasteiger partial charge >= 0.3 is 11.6 Å². The first-order chi connectivity index (χ1) is 16.2. The van der Waals surface area contributed by atoms with Crippen LogP contribution in [0.1, 0.15) is 40.7 Å². The summed E-state index contributed by atoms with van der Waals surface area (Å²) < 4.78 is 21.1. The highest BCUT2D eigenvalue weighted by molar-refractivity contribution is 7.20. The quantitative estimate of drug-likeness (QED) is 0.483. The topological polar surface area (TPSA) is 129 Å². The largest absolute Gasteiger partial charge is 0.496 e. The minimum atomic E-state index is -1.14. The molecule has 3 rings (SSSR count). The first-order valence-electron chi connectivity index (χ1n) is 10.4. The molecule has 1 N–H and O–H groups in total. The number of fused-ring (bicyclic) bond motifs is 1. The fourth-order valence-corrected chi connectivity index (χ4v) is 4.96. The molecule has 0 saturated heterocycles. The van der Waals surface area contributed by atoms with E-state index in [-0.39, 0.29) is 33.6 Å². The van der Waals surface area contributed by atoms with E-state index in [1.165, 1.54) is 43.7 Å². The number of hydrogen-bond donors (Lipinski definition) is 1. The van der Waals surface area contributed by atoms with E-state index in [0.29, 0.717) is 17.9 Å². The third-order valence-corrected chi connectivity index (χ3v) is 6.79. The molecule has 2 heterocycles. The highest BCUT2D eigenvalue weighted by atomic mass is 32.1. The molecule has 34 heavy (non-hydrogen) atoms. The van der Waals surface area contributed by atoms with E-state index in [1.54, 1.807) is 6.92 Å². The molecular weight excluding hydrogens is 467 g/mol. The molecule has 0 spiro atoms. The van der Waals surface area contributed by atoms with Gasteiger partial charge in [-0.1, -0.05) is 0 Å². The Morgan fingerprint density at radius 1 is 1.29 bits per heavy atom. The first-order valence-corrected chi connectivity index (χ1v) is 11.2. The van der Waals surface area contributed by atoms with Crippen LogP contribution in [0.3, 0.4) is 0 Å². The number of thiophene rings is 1. The Kier molecular flexibility index (Phi) is 7.40. The third-order valence-electron chi connectivity index (χ3n) is 5.49. The lowest BCUT2D eigenvalue weighted by atomic mass is 10.1. The van der Waals surface area contributed by atoms with E-state index < -0.39 is 34.9 Å². The predicted octanol–water partition coefficient (Wildman–Crippen LogP) is 2.53. The zero-order chi connectivity index (χ0) is 25.2. The number of aryl methyl sites for hydroxylation is 3. The van der Waals surface area contributed by atoms with Crippen LogP contribution in [0.25, 0.3) is 10.2 Å². The van der Waals surface area contributed by atoms with Crippen molar-refractivity contribution >= 4 is 33.4 Å². The average Bonchev–Trinajstić information content (AvgIpc) is 3.15. The summed E-state index contributed by atoms with van der Waals surface area (Å²) in [6.45, 7) is 4.88. The molecule has 1 unspecified atom stereocenters. The summed E-state index contributed by atoms with van der Waals surface area (Å²) in [6, 6.07) is 2.85. The normalized spacial score (nSPS) is 11.9. The number of carbonyl (C=O) groups excluding carboxylic acids is 2. The summed E-state index contributed by atoms with van der Waals surface area (Å²) in [5, 5.41) is 5.06. The van der Waals surface area contributed by atoms with E-state index in [0.717, 1.165) is 15.9 Å². The summed E-state index contributed by atoms with van der Waals surface area (Å²) in [5.74, 6) is -1.66. The van der Waals surface area contributed by atoms with Gasteiger partial charge in [0.25, 0.3) is 5.56 Å². The molecule has 0 fully saturated rings. The van der Waals surface area contributed by atoms with E-state index in [1.807, 2.05) is 0 Å². The molecule has 3 aromatic rings. The van der Waals surface area contributed by atoms with Crippen molar-refractivity contribution in [1.29, 1.82) is 0 Å². The van der Waals surface area contributed by atoms with Gasteiger partial charge in [-0.15, -0.1) is 16.2 Å². The van der Waals surface area contributed by atoms with Crippen LogP contribution >= 0.6 is 11.3 Å². The van der Waals surface area contributed by atoms with Gasteiger partial charge in [0.05, 0.1) is 12.5 Å². The highest BCUT2D eigenvalue weighted by Gasteiger charge is 2.27. The second-order valence-electron chi connectivity index (χ2n) is 7.52. The molecule has 0 aliphatic rings. The number of carbonyl (C=O) groups is 2. The second kappa shape index (κ2) is 10.1. The lowest BCUT2D eigenvalue weighted by Gasteiger charge is -2.17. The highest BCUT2D eigenvalue weighted by Crippen LogP contribution is 2.29. The summed E-state index contributed by atoms with van der Waals surface area (Å²) in [4.78, 5) is 62.2. The molecule has 0 aliphatic heterocycles. The van der Waals surface area contributed by atoms with E-state index in [4.69, 9.17) is 4.74 Å². The number of nitroso groups, excluding NO2 is 1. The predicted molar refractivity (Wildman–Crippen MR) is 125 cm³/mol. The maximum Gasteiger partial charge on any atom is 0.332 e. The molecule has 0 bridgehead atoms. The third kappa shape index (κ3) is 4.40. The average molecular weight is 491 g/mol. The number of rotatable bonds is 8. The fraction of sp³-hybridized carbons (Fsp3) is 0.364. The van der Waals surface area contributed by atoms with Gasteiger partial charge in [0.15, 0.2) is 0 Å². The van der Waals surface area contributed by atoms with Gasteiger partial charge in [-0.3, -0.25) is 19.0 Å². The van der Waals surface area contributed by atoms with Crippen molar-refractivity contribution in [1.82, 2.24) is 14.5 Å². The molecule has 180 valence electrons. The number of amides is 2. The Morgan fingerprint density at radius 3 is 2.62 bits per heavy atom. The van der Waals surface area contributed by atoms with Crippen molar-refractivity contribution in [3.05, 3.63) is 65.8 Å². The van der Waals surface area contributed by atoms with Crippen molar-refractivity contribution in [2.45, 2.75) is 39.8 Å². The number of nitrogens with one attached hydrogen (secondary N) is 1. The van der Waals surface area contributed by atoms with Crippen LogP contribution in [0.15, 0.2) is 33.0 Å². The zero-order valence-electron chi connectivity index (χ0n) is 19.0. The minimum Gasteiger partial charge on any atom is -0.496 e. The molecule has 0 aliphatic carbocycles. The lowest BCUT2D eigenvalue weighted by molar-refractivity contribution is -0.123. The number of likely N-dealkylation sites (N-methyl/N-ethyl adjacent to an activating group) is 1. The van der Waals surface area contributed by atoms with Crippen LogP contribution in [0.2, 0.25) is 0 Å². The Hall–Kier alpha value is -3.67. The minimum absolute atomic E-state index is 0.0142. The van der Waals surface area contributed by atoms with Crippen LogP contribution < -0.4 is 21.3 Å². The molecule has 0 radical (unpaired) electrons. The number of halogens is 1. The van der Waals surface area contributed by atoms with Crippen molar-refractivity contribution in [3.63, 3.8) is 0 Å². The molecule has 2 amide bonds. The number of hydrogen-bond acceptors (Lipinski definition) is 7. The maximum atomic E-state index is 13.8. The van der Waals surface area contributed by atoms with E-state index in [2.05, 4.69) is 10.5 Å². The Morgan fingerprint density at radius 2 is 2.00 bits per heavy atom. The van der Waals surface area contributed by atoms with Crippen LogP contribution in [0, 0.1) is 17.6 Å². The van der Waals surface area contributed by atoms with Gasteiger partial charge in [-0.25, -0.2) is 13.8 Å². The zero-order valence-corrected chi connectivity index (χ0v) is 19.8. The van der Waals surface area contributed by atoms with E-state index in [9.17, 15) is 28.5 Å². The van der Waals surface area contributed by atoms with Crippen molar-refractivity contribution < 1.29 is 18.7 Å². The smallest absolute Gasteiger partial charge is 0.332 e. The van der Waals surface area contributed by atoms with Crippen LogP contribution in [-0.4, -0.2) is 34.6 Å². The van der Waals surface area contributed by atoms with Gasteiger partial charge in [0, 0.05) is 18.3 Å². The second-order valence-corrected chi connectivity index (χ2v) is 8.52. The molecule has 1 atom stereocenters. The van der Waals surface area contributed by atoms with E-state index >= 15 is 0 Å². The molecule has 12 heteroatoms. The van der Waals surface area contributed by atoms with Gasteiger partial charge in [0.1, 0.15) is 27.3 Å². The fourth-order valence-electron chi connectivity index (χ4n) is 3.76. The van der Waals surface area contributed by atoms with Crippen LogP contribution in [-0.2, 0) is 17.8 Å². The Labute approximate surface area is 196 Å². The monoisotopic (exact) mass is 490 g/mol. The number of methoxy groups -OCH3 is 1. The molecular formula is C22H23FN4O6S. The Bertz CT molecular complexity index is 1410. The van der Waals surface area contributed by atoms with Crippen molar-refractivity contribution in [3.8, 4) is 5.75 Å².